The molecule has 0 unspecified atom stereocenters. The Hall–Kier alpha value is -2.47. The number of aliphatic imine (C=N–C) groups is 1. The summed E-state index contributed by atoms with van der Waals surface area (Å²) in [6.07, 6.45) is 6.25. The maximum atomic E-state index is 13.6. The highest BCUT2D eigenvalue weighted by atomic mass is 35.5. The van der Waals surface area contributed by atoms with E-state index >= 15 is 0 Å². The monoisotopic (exact) mass is 510 g/mol. The predicted octanol–water partition coefficient (Wildman–Crippen LogP) is 8.44. The molecule has 1 aliphatic heterocycles. The molecule has 0 N–H and O–H groups in total. The Bertz CT molecular complexity index is 1270. The lowest BCUT2D eigenvalue weighted by atomic mass is 9.85. The third-order valence-electron chi connectivity index (χ3n) is 6.33. The Balaban J connectivity index is 1.49. The molecule has 2 aliphatic rings. The second kappa shape index (κ2) is 10.0. The van der Waals surface area contributed by atoms with Crippen molar-refractivity contribution in [2.24, 2.45) is 10.9 Å². The van der Waals surface area contributed by atoms with Crippen molar-refractivity contribution in [3.63, 3.8) is 0 Å². The number of para-hydroxylation sites is 1. The first-order chi connectivity index (χ1) is 16.5. The van der Waals surface area contributed by atoms with Crippen LogP contribution in [0, 0.1) is 5.92 Å². The number of thioether (sulfide) groups is 1. The minimum absolute atomic E-state index is 0.0165. The smallest absolute Gasteiger partial charge is 0.267 e. The molecular formula is C27H24Cl2N2O2S. The maximum Gasteiger partial charge on any atom is 0.267 e. The summed E-state index contributed by atoms with van der Waals surface area (Å²) in [6, 6.07) is 19.0. The van der Waals surface area contributed by atoms with E-state index < -0.39 is 0 Å². The van der Waals surface area contributed by atoms with Gasteiger partial charge >= 0.3 is 0 Å². The van der Waals surface area contributed by atoms with Crippen LogP contribution >= 0.6 is 35.0 Å². The first-order valence-corrected chi connectivity index (χ1v) is 13.0. The minimum atomic E-state index is -0.0165. The highest BCUT2D eigenvalue weighted by Gasteiger charge is 2.41. The second-order valence-corrected chi connectivity index (χ2v) is 10.4. The molecule has 0 spiro atoms. The van der Waals surface area contributed by atoms with Crippen LogP contribution in [0.5, 0.6) is 0 Å². The van der Waals surface area contributed by atoms with E-state index in [0.29, 0.717) is 38.0 Å². The number of amidine groups is 1. The zero-order valence-electron chi connectivity index (χ0n) is 18.7. The number of amides is 1. The number of halogens is 2. The molecule has 174 valence electrons. The standard InChI is InChI=1S/C27H24Cl2N2O2S/c1-17-8-5-6-13-22(17)31-26(32)24(34-27(31)30-18-9-3-2-4-10-18)16-19-14-15-23(33-19)20-11-7-12-21(28)25(20)29/h2-4,7,9-12,14-17,22H,5-6,8,13H2,1H3/b24-16-,30-27?/t17-,22+/m0/s1. The fraction of sp³-hybridized carbons (Fsp3) is 0.259. The summed E-state index contributed by atoms with van der Waals surface area (Å²) < 4.78 is 6.03. The van der Waals surface area contributed by atoms with Crippen molar-refractivity contribution < 1.29 is 9.21 Å². The van der Waals surface area contributed by atoms with Gasteiger partial charge in [0.1, 0.15) is 11.5 Å². The molecule has 3 aromatic rings. The molecule has 2 fully saturated rings. The molecule has 1 saturated carbocycles. The van der Waals surface area contributed by atoms with Gasteiger partial charge in [-0.1, -0.05) is 67.2 Å². The van der Waals surface area contributed by atoms with Gasteiger partial charge in [-0.05, 0) is 66.9 Å². The molecule has 34 heavy (non-hydrogen) atoms. The van der Waals surface area contributed by atoms with Crippen molar-refractivity contribution in [2.45, 2.75) is 38.6 Å². The lowest BCUT2D eigenvalue weighted by Gasteiger charge is -2.35. The van der Waals surface area contributed by atoms with Crippen LogP contribution in [0.1, 0.15) is 38.4 Å². The average molecular weight is 511 g/mol. The van der Waals surface area contributed by atoms with Crippen LogP contribution in [0.4, 0.5) is 5.69 Å². The lowest BCUT2D eigenvalue weighted by molar-refractivity contribution is -0.124. The fourth-order valence-electron chi connectivity index (χ4n) is 4.55. The number of carbonyl (C=O) groups excluding carboxylic acids is 1. The number of carbonyl (C=O) groups is 1. The van der Waals surface area contributed by atoms with E-state index in [4.69, 9.17) is 32.6 Å². The van der Waals surface area contributed by atoms with Crippen molar-refractivity contribution in [2.75, 3.05) is 0 Å². The Labute approximate surface area is 213 Å². The molecule has 7 heteroatoms. The first-order valence-electron chi connectivity index (χ1n) is 11.4. The average Bonchev–Trinajstić information content (AvgIpc) is 3.42. The van der Waals surface area contributed by atoms with Gasteiger partial charge in [0, 0.05) is 17.7 Å². The number of rotatable bonds is 4. The largest absolute Gasteiger partial charge is 0.457 e. The first kappa shape index (κ1) is 23.3. The minimum Gasteiger partial charge on any atom is -0.457 e. The summed E-state index contributed by atoms with van der Waals surface area (Å²) >= 11 is 13.9. The molecule has 1 aromatic heterocycles. The molecule has 4 nitrogen and oxygen atoms in total. The molecular weight excluding hydrogens is 487 g/mol. The SMILES string of the molecule is C[C@H]1CCCC[C@H]1N1C(=O)/C(=C/c2ccc(-c3cccc(Cl)c3Cl)o2)SC1=Nc1ccccc1. The Kier molecular flexibility index (Phi) is 6.87. The summed E-state index contributed by atoms with van der Waals surface area (Å²) in [5, 5.41) is 1.64. The van der Waals surface area contributed by atoms with Gasteiger partial charge in [0.2, 0.25) is 0 Å². The topological polar surface area (TPSA) is 45.8 Å². The third-order valence-corrected chi connectivity index (χ3v) is 8.13. The van der Waals surface area contributed by atoms with Crippen LogP contribution in [0.2, 0.25) is 10.0 Å². The maximum absolute atomic E-state index is 13.6. The van der Waals surface area contributed by atoms with Crippen molar-refractivity contribution >= 4 is 57.8 Å². The highest BCUT2D eigenvalue weighted by Crippen LogP contribution is 2.41. The predicted molar refractivity (Wildman–Crippen MR) is 142 cm³/mol. The van der Waals surface area contributed by atoms with Crippen molar-refractivity contribution in [1.29, 1.82) is 0 Å². The van der Waals surface area contributed by atoms with Crippen LogP contribution in [0.3, 0.4) is 0 Å². The van der Waals surface area contributed by atoms with Gasteiger partial charge in [0.05, 0.1) is 20.6 Å². The number of benzene rings is 2. The Morgan fingerprint density at radius 2 is 1.82 bits per heavy atom. The molecule has 1 amide bonds. The van der Waals surface area contributed by atoms with Crippen LogP contribution in [-0.2, 0) is 4.79 Å². The van der Waals surface area contributed by atoms with E-state index in [1.165, 1.54) is 18.2 Å². The van der Waals surface area contributed by atoms with Gasteiger partial charge in [-0.25, -0.2) is 4.99 Å². The van der Waals surface area contributed by atoms with Gasteiger partial charge < -0.3 is 4.42 Å². The summed E-state index contributed by atoms with van der Waals surface area (Å²) in [6.45, 7) is 2.23. The number of furan rings is 1. The number of hydrogen-bond donors (Lipinski definition) is 0. The molecule has 2 aromatic carbocycles. The number of hydrogen-bond acceptors (Lipinski definition) is 4. The molecule has 0 radical (unpaired) electrons. The normalized spacial score (nSPS) is 23.3. The lowest BCUT2D eigenvalue weighted by Crippen LogP contribution is -2.44. The van der Waals surface area contributed by atoms with Crippen molar-refractivity contribution in [3.8, 4) is 11.3 Å². The van der Waals surface area contributed by atoms with Crippen LogP contribution in [0.25, 0.3) is 17.4 Å². The summed E-state index contributed by atoms with van der Waals surface area (Å²) in [7, 11) is 0. The van der Waals surface area contributed by atoms with E-state index in [1.807, 2.05) is 59.5 Å². The third kappa shape index (κ3) is 4.70. The molecule has 2 atom stereocenters. The van der Waals surface area contributed by atoms with Gasteiger partial charge in [0.25, 0.3) is 5.91 Å². The van der Waals surface area contributed by atoms with E-state index in [9.17, 15) is 4.79 Å². The van der Waals surface area contributed by atoms with Gasteiger partial charge in [-0.2, -0.15) is 0 Å². The molecule has 1 saturated heterocycles. The summed E-state index contributed by atoms with van der Waals surface area (Å²) in [4.78, 5) is 21.0. The molecule has 1 aliphatic carbocycles. The Morgan fingerprint density at radius 1 is 1.03 bits per heavy atom. The summed E-state index contributed by atoms with van der Waals surface area (Å²) in [5.74, 6) is 1.60. The highest BCUT2D eigenvalue weighted by molar-refractivity contribution is 8.18. The zero-order valence-corrected chi connectivity index (χ0v) is 21.0. The van der Waals surface area contributed by atoms with Gasteiger partial charge in [0.15, 0.2) is 5.17 Å². The molecule has 0 bridgehead atoms. The number of nitrogens with zero attached hydrogens (tertiary/aromatic N) is 2. The van der Waals surface area contributed by atoms with Crippen LogP contribution in [-0.4, -0.2) is 22.0 Å². The molecule has 2 heterocycles. The van der Waals surface area contributed by atoms with Gasteiger partial charge in [-0.3, -0.25) is 9.69 Å². The Morgan fingerprint density at radius 3 is 2.62 bits per heavy atom. The quantitative estimate of drug-likeness (QED) is 0.330. The summed E-state index contributed by atoms with van der Waals surface area (Å²) in [5.41, 5.74) is 1.55. The van der Waals surface area contributed by atoms with E-state index in [1.54, 1.807) is 12.1 Å². The second-order valence-electron chi connectivity index (χ2n) is 8.65. The zero-order chi connectivity index (χ0) is 23.7. The van der Waals surface area contributed by atoms with E-state index in [-0.39, 0.29) is 11.9 Å². The van der Waals surface area contributed by atoms with Crippen LogP contribution in [0.15, 0.2) is 75.0 Å². The van der Waals surface area contributed by atoms with Crippen LogP contribution < -0.4 is 0 Å². The van der Waals surface area contributed by atoms with Crippen molar-refractivity contribution in [3.05, 3.63) is 81.4 Å². The van der Waals surface area contributed by atoms with E-state index in [2.05, 4.69) is 6.92 Å². The fourth-order valence-corrected chi connectivity index (χ4v) is 5.97. The van der Waals surface area contributed by atoms with Gasteiger partial charge in [-0.15, -0.1) is 0 Å². The van der Waals surface area contributed by atoms with E-state index in [0.717, 1.165) is 30.1 Å². The van der Waals surface area contributed by atoms with Crippen molar-refractivity contribution in [1.82, 2.24) is 4.90 Å². The molecule has 5 rings (SSSR count).